The van der Waals surface area contributed by atoms with Crippen molar-refractivity contribution in [1.29, 1.82) is 0 Å². The van der Waals surface area contributed by atoms with Gasteiger partial charge < -0.3 is 14.7 Å². The summed E-state index contributed by atoms with van der Waals surface area (Å²) < 4.78 is 4.43. The second-order valence-electron chi connectivity index (χ2n) is 3.57. The lowest BCUT2D eigenvalue weighted by Gasteiger charge is -2.16. The third kappa shape index (κ3) is 8.36. The van der Waals surface area contributed by atoms with Gasteiger partial charge in [0.15, 0.2) is 0 Å². The van der Waals surface area contributed by atoms with Crippen molar-refractivity contribution in [1.82, 2.24) is 10.2 Å². The van der Waals surface area contributed by atoms with E-state index in [0.717, 1.165) is 6.08 Å². The Kier molecular flexibility index (Phi) is 7.59. The van der Waals surface area contributed by atoms with Gasteiger partial charge in [-0.25, -0.2) is 9.59 Å². The maximum atomic E-state index is 11.4. The molecule has 0 saturated heterocycles. The van der Waals surface area contributed by atoms with E-state index < -0.39 is 17.9 Å². The Balaban J connectivity index is 4.03. The maximum absolute atomic E-state index is 11.4. The maximum Gasteiger partial charge on any atom is 0.328 e. The Morgan fingerprint density at radius 3 is 2.42 bits per heavy atom. The average molecular weight is 272 g/mol. The van der Waals surface area contributed by atoms with Crippen LogP contribution in [0.3, 0.4) is 0 Å². The lowest BCUT2D eigenvalue weighted by atomic mass is 10.3. The first-order chi connectivity index (χ1) is 8.86. The van der Waals surface area contributed by atoms with Gasteiger partial charge in [0.1, 0.15) is 0 Å². The van der Waals surface area contributed by atoms with E-state index >= 15 is 0 Å². The minimum Gasteiger partial charge on any atom is -0.478 e. The summed E-state index contributed by atoms with van der Waals surface area (Å²) in [5.74, 6) is -2.49. The lowest BCUT2D eigenvalue weighted by Crippen LogP contribution is -2.40. The summed E-state index contributed by atoms with van der Waals surface area (Å²) in [4.78, 5) is 44.7. The molecule has 0 rings (SSSR count). The van der Waals surface area contributed by atoms with Crippen molar-refractivity contribution in [2.75, 3.05) is 20.7 Å². The van der Waals surface area contributed by atoms with E-state index in [2.05, 4.69) is 4.74 Å². The SMILES string of the molecule is COC(=O)CCCN(C)C(=O)NC(=O)C=CC(=O)O. The van der Waals surface area contributed by atoms with Crippen molar-refractivity contribution in [3.63, 3.8) is 0 Å². The van der Waals surface area contributed by atoms with Crippen molar-refractivity contribution in [2.45, 2.75) is 12.8 Å². The molecule has 0 saturated carbocycles. The minimum absolute atomic E-state index is 0.168. The normalized spacial score (nSPS) is 10.0. The number of carboxylic acid groups (broad SMARTS) is 1. The summed E-state index contributed by atoms with van der Waals surface area (Å²) in [5, 5.41) is 10.3. The van der Waals surface area contributed by atoms with Crippen molar-refractivity contribution >= 4 is 23.9 Å². The van der Waals surface area contributed by atoms with E-state index in [9.17, 15) is 19.2 Å². The van der Waals surface area contributed by atoms with E-state index in [0.29, 0.717) is 12.5 Å². The topological polar surface area (TPSA) is 113 Å². The number of carbonyl (C=O) groups excluding carboxylic acids is 3. The zero-order valence-electron chi connectivity index (χ0n) is 10.7. The van der Waals surface area contributed by atoms with Crippen LogP contribution in [0.15, 0.2) is 12.2 Å². The zero-order chi connectivity index (χ0) is 14.8. The van der Waals surface area contributed by atoms with Crippen LogP contribution in [0.2, 0.25) is 0 Å². The van der Waals surface area contributed by atoms with Gasteiger partial charge in [-0.1, -0.05) is 0 Å². The van der Waals surface area contributed by atoms with Crippen molar-refractivity contribution in [3.8, 4) is 0 Å². The summed E-state index contributed by atoms with van der Waals surface area (Å²) >= 11 is 0. The average Bonchev–Trinajstić information content (AvgIpc) is 2.35. The molecule has 0 unspecified atom stereocenters. The number of aliphatic carboxylic acids is 1. The van der Waals surface area contributed by atoms with Gasteiger partial charge in [-0.15, -0.1) is 0 Å². The van der Waals surface area contributed by atoms with Crippen LogP contribution in [0.25, 0.3) is 0 Å². The molecule has 0 heterocycles. The summed E-state index contributed by atoms with van der Waals surface area (Å²) in [6.45, 7) is 0.261. The number of carboxylic acids is 1. The molecule has 19 heavy (non-hydrogen) atoms. The van der Waals surface area contributed by atoms with Crippen LogP contribution in [-0.2, 0) is 19.1 Å². The van der Waals surface area contributed by atoms with E-state index in [1.807, 2.05) is 5.32 Å². The first-order valence-corrected chi connectivity index (χ1v) is 5.40. The van der Waals surface area contributed by atoms with Crippen molar-refractivity contribution in [2.24, 2.45) is 0 Å². The number of rotatable bonds is 6. The fourth-order valence-electron chi connectivity index (χ4n) is 1.05. The Morgan fingerprint density at radius 1 is 1.26 bits per heavy atom. The highest BCUT2D eigenvalue weighted by atomic mass is 16.5. The quantitative estimate of drug-likeness (QED) is 0.509. The number of esters is 1. The number of carbonyl (C=O) groups is 4. The second-order valence-corrected chi connectivity index (χ2v) is 3.57. The number of imide groups is 1. The number of hydrogen-bond donors (Lipinski definition) is 2. The van der Waals surface area contributed by atoms with Gasteiger partial charge in [0, 0.05) is 32.2 Å². The Bertz CT molecular complexity index is 391. The molecular weight excluding hydrogens is 256 g/mol. The van der Waals surface area contributed by atoms with Gasteiger partial charge in [-0.05, 0) is 6.42 Å². The summed E-state index contributed by atoms with van der Waals surface area (Å²) in [7, 11) is 2.72. The van der Waals surface area contributed by atoms with Gasteiger partial charge in [0.05, 0.1) is 7.11 Å². The number of amides is 3. The fourth-order valence-corrected chi connectivity index (χ4v) is 1.05. The molecule has 106 valence electrons. The number of ether oxygens (including phenoxy) is 1. The molecule has 2 N–H and O–H groups in total. The summed E-state index contributed by atoms with van der Waals surface area (Å²) in [6, 6.07) is -0.676. The number of nitrogens with zero attached hydrogens (tertiary/aromatic N) is 1. The van der Waals surface area contributed by atoms with E-state index in [1.54, 1.807) is 0 Å². The predicted octanol–water partition coefficient (Wildman–Crippen LogP) is -0.252. The molecule has 0 aliphatic carbocycles. The number of nitrogens with one attached hydrogen (secondary N) is 1. The van der Waals surface area contributed by atoms with Crippen LogP contribution in [0.4, 0.5) is 4.79 Å². The monoisotopic (exact) mass is 272 g/mol. The summed E-state index contributed by atoms with van der Waals surface area (Å²) in [6.07, 6.45) is 1.93. The number of urea groups is 1. The van der Waals surface area contributed by atoms with E-state index in [4.69, 9.17) is 5.11 Å². The third-order valence-electron chi connectivity index (χ3n) is 2.06. The minimum atomic E-state index is -1.28. The molecule has 0 radical (unpaired) electrons. The van der Waals surface area contributed by atoms with Crippen LogP contribution in [0.5, 0.6) is 0 Å². The molecule has 3 amide bonds. The largest absolute Gasteiger partial charge is 0.478 e. The summed E-state index contributed by atoms with van der Waals surface area (Å²) in [5.41, 5.74) is 0. The van der Waals surface area contributed by atoms with Gasteiger partial charge in [-0.2, -0.15) is 0 Å². The van der Waals surface area contributed by atoms with E-state index in [-0.39, 0.29) is 18.9 Å². The fraction of sp³-hybridized carbons (Fsp3) is 0.455. The van der Waals surface area contributed by atoms with Crippen LogP contribution in [0, 0.1) is 0 Å². The molecule has 0 aliphatic rings. The van der Waals surface area contributed by atoms with Gasteiger partial charge in [-0.3, -0.25) is 14.9 Å². The molecule has 0 fully saturated rings. The molecule has 0 bridgehead atoms. The third-order valence-corrected chi connectivity index (χ3v) is 2.06. The Morgan fingerprint density at radius 2 is 1.89 bits per heavy atom. The molecular formula is C11H16N2O6. The van der Waals surface area contributed by atoms with Crippen molar-refractivity contribution in [3.05, 3.63) is 12.2 Å². The first-order valence-electron chi connectivity index (χ1n) is 5.40. The molecule has 8 nitrogen and oxygen atoms in total. The van der Waals surface area contributed by atoms with Crippen LogP contribution in [-0.4, -0.2) is 54.6 Å². The number of methoxy groups -OCH3 is 1. The van der Waals surface area contributed by atoms with Gasteiger partial charge >= 0.3 is 18.0 Å². The van der Waals surface area contributed by atoms with Gasteiger partial charge in [0.2, 0.25) is 0 Å². The predicted molar refractivity (Wildman–Crippen MR) is 64.2 cm³/mol. The van der Waals surface area contributed by atoms with Gasteiger partial charge in [0.25, 0.3) is 5.91 Å². The lowest BCUT2D eigenvalue weighted by molar-refractivity contribution is -0.140. The van der Waals surface area contributed by atoms with Crippen LogP contribution >= 0.6 is 0 Å². The molecule has 0 aromatic heterocycles. The molecule has 0 aromatic rings. The highest BCUT2D eigenvalue weighted by molar-refractivity contribution is 6.02. The highest BCUT2D eigenvalue weighted by Gasteiger charge is 2.11. The molecule has 0 spiro atoms. The first kappa shape index (κ1) is 16.6. The Hall–Kier alpha value is -2.38. The second kappa shape index (κ2) is 8.67. The van der Waals surface area contributed by atoms with Crippen LogP contribution < -0.4 is 5.32 Å². The zero-order valence-corrected chi connectivity index (χ0v) is 10.7. The highest BCUT2D eigenvalue weighted by Crippen LogP contribution is 1.95. The molecule has 0 atom stereocenters. The standard InChI is InChI=1S/C11H16N2O6/c1-13(7-3-4-10(17)19-2)11(18)12-8(14)5-6-9(15)16/h5-6H,3-4,7H2,1-2H3,(H,15,16)(H,12,14,18). The number of hydrogen-bond acceptors (Lipinski definition) is 5. The van der Waals surface area contributed by atoms with Crippen molar-refractivity contribution < 1.29 is 29.0 Å². The van der Waals surface area contributed by atoms with Crippen LogP contribution in [0.1, 0.15) is 12.8 Å². The Labute approximate surface area is 110 Å². The van der Waals surface area contributed by atoms with E-state index in [1.165, 1.54) is 19.1 Å². The molecule has 8 heteroatoms. The molecule has 0 aliphatic heterocycles. The molecule has 0 aromatic carbocycles. The smallest absolute Gasteiger partial charge is 0.328 e.